The molecule has 2 heteroatoms. The Bertz CT molecular complexity index is 30.0. The number of hydrogen-bond donors (Lipinski definition) is 0. The average molecular weight is 179 g/mol. The van der Waals surface area contributed by atoms with Gasteiger partial charge < -0.3 is 4.90 Å². The molecule has 0 rings (SSSR count). The summed E-state index contributed by atoms with van der Waals surface area (Å²) in [6, 6.07) is 0. The summed E-state index contributed by atoms with van der Waals surface area (Å²) in [5.74, 6) is 0. The molecule has 0 saturated carbocycles. The predicted octanol–water partition coefficient (Wildman–Crippen LogP) is 0.164. The summed E-state index contributed by atoms with van der Waals surface area (Å²) < 4.78 is 0. The van der Waals surface area contributed by atoms with E-state index in [1.165, 1.54) is 19.6 Å². The Morgan fingerprint density at radius 3 is 1.12 bits per heavy atom. The Labute approximate surface area is 63.8 Å². The third-order valence-corrected chi connectivity index (χ3v) is 1.34. The van der Waals surface area contributed by atoms with Crippen LogP contribution in [0.2, 0.25) is 0 Å². The Hall–Kier alpha value is 0.518. The molecular weight excluding hydrogens is 161 g/mol. The van der Waals surface area contributed by atoms with Crippen molar-refractivity contribution >= 4 is 18.0 Å². The fraction of sp³-hybridized carbons (Fsp3) is 1.00. The maximum atomic E-state index is 2.38. The first kappa shape index (κ1) is 11.3. The van der Waals surface area contributed by atoms with Crippen molar-refractivity contribution < 1.29 is 0 Å². The van der Waals surface area contributed by atoms with Gasteiger partial charge in [0, 0.05) is 0 Å². The van der Waals surface area contributed by atoms with Crippen molar-refractivity contribution in [1.82, 2.24) is 4.90 Å². The van der Waals surface area contributed by atoms with Crippen LogP contribution in [0.4, 0.5) is 0 Å². The van der Waals surface area contributed by atoms with Crippen LogP contribution in [0.5, 0.6) is 0 Å². The van der Waals surface area contributed by atoms with Gasteiger partial charge >= 0.3 is 18.0 Å². The van der Waals surface area contributed by atoms with E-state index in [1.807, 2.05) is 0 Å². The topological polar surface area (TPSA) is 3.24 Å². The Kier molecular flexibility index (Phi) is 10.7. The minimum absolute atomic E-state index is 0. The van der Waals surface area contributed by atoms with E-state index in [9.17, 15) is 0 Å². The van der Waals surface area contributed by atoms with E-state index < -0.39 is 0 Å². The van der Waals surface area contributed by atoms with Gasteiger partial charge in [-0.05, 0) is 19.6 Å². The van der Waals surface area contributed by atoms with Gasteiger partial charge in [0.05, 0.1) is 0 Å². The zero-order valence-electron chi connectivity index (χ0n) is 6.28. The first-order valence-electron chi connectivity index (χ1n) is 3.07. The SMILES string of the molecule is CCN(CC)CC.[AsH3]. The van der Waals surface area contributed by atoms with Gasteiger partial charge in [-0.25, -0.2) is 0 Å². The van der Waals surface area contributed by atoms with Crippen LogP contribution < -0.4 is 0 Å². The first-order chi connectivity index (χ1) is 3.35. The van der Waals surface area contributed by atoms with Crippen molar-refractivity contribution in [2.75, 3.05) is 19.6 Å². The van der Waals surface area contributed by atoms with Crippen LogP contribution in [0, 0.1) is 0 Å². The molecule has 0 radical (unpaired) electrons. The van der Waals surface area contributed by atoms with Crippen LogP contribution >= 0.6 is 0 Å². The van der Waals surface area contributed by atoms with Crippen LogP contribution in [0.3, 0.4) is 0 Å². The molecule has 0 bridgehead atoms. The molecule has 1 atom stereocenters. The summed E-state index contributed by atoms with van der Waals surface area (Å²) in [6.07, 6.45) is 0. The molecule has 0 aliphatic heterocycles. The number of hydrogen-bond acceptors (Lipinski definition) is 1. The van der Waals surface area contributed by atoms with Gasteiger partial charge in [-0.1, -0.05) is 20.8 Å². The van der Waals surface area contributed by atoms with Crippen molar-refractivity contribution in [3.63, 3.8) is 0 Å². The summed E-state index contributed by atoms with van der Waals surface area (Å²) in [5.41, 5.74) is 0. The Balaban J connectivity index is 0. The summed E-state index contributed by atoms with van der Waals surface area (Å²) in [4.78, 5) is 2.38. The molecule has 0 fully saturated rings. The van der Waals surface area contributed by atoms with E-state index in [1.54, 1.807) is 0 Å². The third-order valence-electron chi connectivity index (χ3n) is 1.34. The van der Waals surface area contributed by atoms with Crippen molar-refractivity contribution in [2.24, 2.45) is 0 Å². The zero-order valence-corrected chi connectivity index (χ0v) is 9.24. The molecule has 0 N–H and O–H groups in total. The molecule has 0 aliphatic rings. The molecule has 8 heavy (non-hydrogen) atoms. The average Bonchev–Trinajstić information content (AvgIpc) is 1.72. The second-order valence-electron chi connectivity index (χ2n) is 1.62. The van der Waals surface area contributed by atoms with Gasteiger partial charge in [0.2, 0.25) is 0 Å². The number of rotatable bonds is 3. The van der Waals surface area contributed by atoms with E-state index in [2.05, 4.69) is 25.7 Å². The second-order valence-corrected chi connectivity index (χ2v) is 1.62. The van der Waals surface area contributed by atoms with Gasteiger partial charge in [-0.2, -0.15) is 0 Å². The van der Waals surface area contributed by atoms with Gasteiger partial charge in [-0.15, -0.1) is 0 Å². The Morgan fingerprint density at radius 1 is 0.875 bits per heavy atom. The predicted molar refractivity (Wildman–Crippen MR) is 43.4 cm³/mol. The van der Waals surface area contributed by atoms with Crippen LogP contribution in [0.1, 0.15) is 20.8 Å². The van der Waals surface area contributed by atoms with E-state index in [4.69, 9.17) is 0 Å². The quantitative estimate of drug-likeness (QED) is 0.558. The molecule has 0 aromatic carbocycles. The van der Waals surface area contributed by atoms with Crippen LogP contribution in [-0.4, -0.2) is 42.5 Å². The Morgan fingerprint density at radius 2 is 1.12 bits per heavy atom. The minimum atomic E-state index is 0. The van der Waals surface area contributed by atoms with E-state index in [0.717, 1.165) is 0 Å². The molecule has 0 aliphatic carbocycles. The second kappa shape index (κ2) is 7.52. The molecule has 1 nitrogen and oxygen atoms in total. The third kappa shape index (κ3) is 4.67. The van der Waals surface area contributed by atoms with Crippen LogP contribution in [0.15, 0.2) is 0 Å². The van der Waals surface area contributed by atoms with Crippen molar-refractivity contribution in [3.8, 4) is 0 Å². The molecule has 52 valence electrons. The van der Waals surface area contributed by atoms with Crippen molar-refractivity contribution in [1.29, 1.82) is 0 Å². The monoisotopic (exact) mass is 179 g/mol. The van der Waals surface area contributed by atoms with Crippen LogP contribution in [0.25, 0.3) is 0 Å². The van der Waals surface area contributed by atoms with Gasteiger partial charge in [0.1, 0.15) is 0 Å². The molecule has 0 aromatic heterocycles. The molecular formula is C6H18AsN. The molecule has 0 spiro atoms. The fourth-order valence-electron chi connectivity index (χ4n) is 0.671. The zero-order chi connectivity index (χ0) is 5.70. The molecule has 0 heterocycles. The molecule has 0 saturated heterocycles. The summed E-state index contributed by atoms with van der Waals surface area (Å²) >= 11 is 0. The van der Waals surface area contributed by atoms with Crippen molar-refractivity contribution in [2.45, 2.75) is 20.8 Å². The van der Waals surface area contributed by atoms with Gasteiger partial charge in [-0.3, -0.25) is 0 Å². The van der Waals surface area contributed by atoms with Crippen LogP contribution in [-0.2, 0) is 0 Å². The van der Waals surface area contributed by atoms with E-state index in [0.29, 0.717) is 0 Å². The van der Waals surface area contributed by atoms with E-state index in [-0.39, 0.29) is 18.0 Å². The fourth-order valence-corrected chi connectivity index (χ4v) is 0.671. The summed E-state index contributed by atoms with van der Waals surface area (Å²) in [5, 5.41) is 0. The first-order valence-corrected chi connectivity index (χ1v) is 3.07. The summed E-state index contributed by atoms with van der Waals surface area (Å²) in [6.45, 7) is 10.1. The van der Waals surface area contributed by atoms with E-state index >= 15 is 0 Å². The molecule has 1 unspecified atom stereocenters. The number of nitrogens with zero attached hydrogens (tertiary/aromatic N) is 1. The van der Waals surface area contributed by atoms with Crippen molar-refractivity contribution in [3.05, 3.63) is 0 Å². The van der Waals surface area contributed by atoms with Gasteiger partial charge in [0.15, 0.2) is 0 Å². The standard InChI is InChI=1S/C6H15N.AsH3/c1-4-7(5-2)6-3;/h4-6H2,1-3H3;1H3. The van der Waals surface area contributed by atoms with Gasteiger partial charge in [0.25, 0.3) is 0 Å². The normalized spacial score (nSPS) is 9.00. The molecule has 0 amide bonds. The molecule has 0 aromatic rings. The maximum absolute atomic E-state index is 2.38. The summed E-state index contributed by atoms with van der Waals surface area (Å²) in [7, 11) is 0.